The van der Waals surface area contributed by atoms with Crippen molar-refractivity contribution in [1.29, 1.82) is 0 Å². The van der Waals surface area contributed by atoms with Crippen LogP contribution in [0.1, 0.15) is 49.8 Å². The highest BCUT2D eigenvalue weighted by Crippen LogP contribution is 2.32. The summed E-state index contributed by atoms with van der Waals surface area (Å²) in [5.74, 6) is 1.91. The predicted molar refractivity (Wildman–Crippen MR) is 77.1 cm³/mol. The van der Waals surface area contributed by atoms with Crippen molar-refractivity contribution < 1.29 is 4.42 Å². The van der Waals surface area contributed by atoms with Gasteiger partial charge in [-0.1, -0.05) is 12.8 Å². The molecule has 3 atom stereocenters. The molecule has 3 heteroatoms. The average Bonchev–Trinajstić information content (AvgIpc) is 3.06. The summed E-state index contributed by atoms with van der Waals surface area (Å²) in [4.78, 5) is 0. The molecule has 3 rings (SSSR count). The highest BCUT2D eigenvalue weighted by molar-refractivity contribution is 5.14. The summed E-state index contributed by atoms with van der Waals surface area (Å²) in [7, 11) is 0. The lowest BCUT2D eigenvalue weighted by molar-refractivity contribution is 0.253. The van der Waals surface area contributed by atoms with E-state index in [0.717, 1.165) is 24.3 Å². The van der Waals surface area contributed by atoms with Crippen LogP contribution in [0.3, 0.4) is 0 Å². The lowest BCUT2D eigenvalue weighted by Crippen LogP contribution is -2.46. The van der Waals surface area contributed by atoms with Crippen LogP contribution >= 0.6 is 0 Å². The van der Waals surface area contributed by atoms with Gasteiger partial charge in [-0.15, -0.1) is 0 Å². The Labute approximate surface area is 116 Å². The second-order valence-corrected chi connectivity index (χ2v) is 6.17. The largest absolute Gasteiger partial charge is 0.468 e. The van der Waals surface area contributed by atoms with Crippen LogP contribution in [0.25, 0.3) is 0 Å². The van der Waals surface area contributed by atoms with Crippen LogP contribution in [-0.4, -0.2) is 18.6 Å². The monoisotopic (exact) mass is 262 g/mol. The van der Waals surface area contributed by atoms with E-state index < -0.39 is 0 Å². The molecular formula is C16H26N2O. The van der Waals surface area contributed by atoms with Crippen LogP contribution in [-0.2, 0) is 6.54 Å². The topological polar surface area (TPSA) is 37.2 Å². The van der Waals surface area contributed by atoms with Crippen LogP contribution in [0, 0.1) is 12.8 Å². The van der Waals surface area contributed by atoms with Crippen LogP contribution in [0.5, 0.6) is 0 Å². The number of piperidine rings is 1. The van der Waals surface area contributed by atoms with Gasteiger partial charge in [-0.05, 0) is 56.7 Å². The molecule has 0 amide bonds. The first kappa shape index (κ1) is 13.2. The van der Waals surface area contributed by atoms with Crippen LogP contribution in [0.2, 0.25) is 0 Å². The Morgan fingerprint density at radius 3 is 2.95 bits per heavy atom. The van der Waals surface area contributed by atoms with Crippen LogP contribution < -0.4 is 10.6 Å². The Bertz CT molecular complexity index is 395. The number of rotatable bonds is 4. The third-order valence-corrected chi connectivity index (χ3v) is 4.93. The van der Waals surface area contributed by atoms with Crippen molar-refractivity contribution in [2.45, 2.75) is 64.1 Å². The maximum atomic E-state index is 5.53. The van der Waals surface area contributed by atoms with E-state index in [4.69, 9.17) is 4.42 Å². The molecule has 3 nitrogen and oxygen atoms in total. The van der Waals surface area contributed by atoms with Crippen LogP contribution in [0.4, 0.5) is 0 Å². The first-order valence-electron chi connectivity index (χ1n) is 7.84. The molecule has 2 N–H and O–H groups in total. The molecule has 2 aliphatic rings. The van der Waals surface area contributed by atoms with Gasteiger partial charge >= 0.3 is 0 Å². The Morgan fingerprint density at radius 2 is 2.21 bits per heavy atom. The highest BCUT2D eigenvalue weighted by atomic mass is 16.3. The van der Waals surface area contributed by atoms with Gasteiger partial charge in [-0.25, -0.2) is 0 Å². The van der Waals surface area contributed by atoms with E-state index in [2.05, 4.69) is 17.6 Å². The Kier molecular flexibility index (Phi) is 4.24. The van der Waals surface area contributed by atoms with E-state index >= 15 is 0 Å². The minimum atomic E-state index is 0.667. The standard InChI is InChI=1S/C16H26N2O/c1-12-8-10-19-16(12)11-18-15-7-4-5-13(15)14-6-2-3-9-17-14/h8,10,13-15,17-18H,2-7,9,11H2,1H3. The van der Waals surface area contributed by atoms with E-state index in [1.807, 2.05) is 6.07 Å². The van der Waals surface area contributed by atoms with Crippen molar-refractivity contribution in [3.63, 3.8) is 0 Å². The molecule has 2 heterocycles. The second-order valence-electron chi connectivity index (χ2n) is 6.17. The molecule has 1 aromatic heterocycles. The second kappa shape index (κ2) is 6.10. The van der Waals surface area contributed by atoms with Gasteiger partial charge in [0.05, 0.1) is 12.8 Å². The molecular weight excluding hydrogens is 236 g/mol. The third kappa shape index (κ3) is 3.03. The van der Waals surface area contributed by atoms with Gasteiger partial charge in [0, 0.05) is 12.1 Å². The van der Waals surface area contributed by atoms with E-state index in [1.54, 1.807) is 6.26 Å². The van der Waals surface area contributed by atoms with Crippen molar-refractivity contribution >= 4 is 0 Å². The summed E-state index contributed by atoms with van der Waals surface area (Å²) >= 11 is 0. The maximum Gasteiger partial charge on any atom is 0.120 e. The first-order valence-corrected chi connectivity index (χ1v) is 7.84. The fourth-order valence-corrected chi connectivity index (χ4v) is 3.78. The lowest BCUT2D eigenvalue weighted by atomic mass is 9.88. The summed E-state index contributed by atoms with van der Waals surface area (Å²) in [6.07, 6.45) is 9.99. The molecule has 2 fully saturated rings. The van der Waals surface area contributed by atoms with Gasteiger partial charge in [0.15, 0.2) is 0 Å². The van der Waals surface area contributed by atoms with E-state index in [0.29, 0.717) is 6.04 Å². The number of aryl methyl sites for hydroxylation is 1. The molecule has 0 aromatic carbocycles. The van der Waals surface area contributed by atoms with Gasteiger partial charge in [-0.3, -0.25) is 0 Å². The number of nitrogens with one attached hydrogen (secondary N) is 2. The van der Waals surface area contributed by atoms with Gasteiger partial charge < -0.3 is 15.1 Å². The highest BCUT2D eigenvalue weighted by Gasteiger charge is 2.33. The number of furan rings is 1. The predicted octanol–water partition coefficient (Wildman–Crippen LogP) is 2.99. The third-order valence-electron chi connectivity index (χ3n) is 4.93. The van der Waals surface area contributed by atoms with Crippen molar-refractivity contribution in [3.8, 4) is 0 Å². The smallest absolute Gasteiger partial charge is 0.120 e. The lowest BCUT2D eigenvalue weighted by Gasteiger charge is -2.33. The maximum absolute atomic E-state index is 5.53. The zero-order chi connectivity index (χ0) is 13.1. The fraction of sp³-hybridized carbons (Fsp3) is 0.750. The number of hydrogen-bond donors (Lipinski definition) is 2. The average molecular weight is 262 g/mol. The van der Waals surface area contributed by atoms with Gasteiger partial charge in [0.2, 0.25) is 0 Å². The fourth-order valence-electron chi connectivity index (χ4n) is 3.78. The minimum Gasteiger partial charge on any atom is -0.468 e. The minimum absolute atomic E-state index is 0.667. The summed E-state index contributed by atoms with van der Waals surface area (Å²) in [5.41, 5.74) is 1.26. The molecule has 106 valence electrons. The Hall–Kier alpha value is -0.800. The van der Waals surface area contributed by atoms with E-state index in [1.165, 1.54) is 50.6 Å². The van der Waals surface area contributed by atoms with Gasteiger partial charge in [0.25, 0.3) is 0 Å². The Morgan fingerprint density at radius 1 is 1.26 bits per heavy atom. The molecule has 0 bridgehead atoms. The SMILES string of the molecule is Cc1ccoc1CNC1CCCC1C1CCCCN1. The summed E-state index contributed by atoms with van der Waals surface area (Å²) in [5, 5.41) is 7.47. The van der Waals surface area contributed by atoms with E-state index in [-0.39, 0.29) is 0 Å². The molecule has 1 aromatic rings. The molecule has 3 unspecified atom stereocenters. The quantitative estimate of drug-likeness (QED) is 0.876. The molecule has 1 saturated carbocycles. The summed E-state index contributed by atoms with van der Waals surface area (Å²) < 4.78 is 5.53. The zero-order valence-electron chi connectivity index (χ0n) is 12.0. The van der Waals surface area contributed by atoms with Crippen molar-refractivity contribution in [3.05, 3.63) is 23.7 Å². The molecule has 19 heavy (non-hydrogen) atoms. The van der Waals surface area contributed by atoms with Crippen molar-refractivity contribution in [1.82, 2.24) is 10.6 Å². The summed E-state index contributed by atoms with van der Waals surface area (Å²) in [6.45, 7) is 4.22. The molecule has 1 saturated heterocycles. The molecule has 1 aliphatic heterocycles. The van der Waals surface area contributed by atoms with E-state index in [9.17, 15) is 0 Å². The first-order chi connectivity index (χ1) is 9.34. The number of hydrogen-bond acceptors (Lipinski definition) is 3. The normalized spacial score (nSPS) is 31.7. The van der Waals surface area contributed by atoms with Gasteiger partial charge in [0.1, 0.15) is 5.76 Å². The molecule has 0 spiro atoms. The molecule has 0 radical (unpaired) electrons. The Balaban J connectivity index is 1.55. The van der Waals surface area contributed by atoms with Gasteiger partial charge in [-0.2, -0.15) is 0 Å². The van der Waals surface area contributed by atoms with Crippen molar-refractivity contribution in [2.24, 2.45) is 5.92 Å². The van der Waals surface area contributed by atoms with Crippen LogP contribution in [0.15, 0.2) is 16.7 Å². The van der Waals surface area contributed by atoms with Crippen molar-refractivity contribution in [2.75, 3.05) is 6.54 Å². The zero-order valence-corrected chi connectivity index (χ0v) is 12.0. The summed E-state index contributed by atoms with van der Waals surface area (Å²) in [6, 6.07) is 3.46. The molecule has 1 aliphatic carbocycles.